The van der Waals surface area contributed by atoms with Crippen molar-refractivity contribution in [2.24, 2.45) is 16.5 Å². The zero-order valence-corrected chi connectivity index (χ0v) is 11.1. The minimum atomic E-state index is -0.282. The molecule has 0 saturated carbocycles. The lowest BCUT2D eigenvalue weighted by atomic mass is 10.1. The molecule has 0 fully saturated rings. The third-order valence-electron chi connectivity index (χ3n) is 2.71. The number of benzene rings is 1. The van der Waals surface area contributed by atoms with Crippen LogP contribution in [0.15, 0.2) is 27.7 Å². The van der Waals surface area contributed by atoms with Gasteiger partial charge in [0, 0.05) is 23.7 Å². The summed E-state index contributed by atoms with van der Waals surface area (Å²) in [7, 11) is 1.65. The van der Waals surface area contributed by atoms with Crippen LogP contribution in [0.25, 0.3) is 0 Å². The van der Waals surface area contributed by atoms with Crippen LogP contribution in [0.5, 0.6) is 0 Å². The summed E-state index contributed by atoms with van der Waals surface area (Å²) in [5, 5.41) is 0. The first-order valence-electron chi connectivity index (χ1n) is 5.28. The maximum Gasteiger partial charge on any atom is 0.198 e. The number of hydrogen-bond acceptors (Lipinski definition) is 5. The molecule has 1 aliphatic heterocycles. The van der Waals surface area contributed by atoms with Crippen molar-refractivity contribution in [3.8, 4) is 0 Å². The molecule has 6 heteroatoms. The number of fused-ring (bicyclic) bond motifs is 1. The fourth-order valence-electron chi connectivity index (χ4n) is 1.81. The second-order valence-electron chi connectivity index (χ2n) is 3.80. The molecule has 2 rings (SSSR count). The zero-order chi connectivity index (χ0) is 12.4. The monoisotopic (exact) mass is 298 g/mol. The lowest BCUT2D eigenvalue weighted by molar-refractivity contribution is 0.160. The van der Waals surface area contributed by atoms with Crippen LogP contribution in [0.4, 0.5) is 5.69 Å². The number of hydrogen-bond donors (Lipinski definition) is 2. The number of halogens is 1. The predicted molar refractivity (Wildman–Crippen MR) is 70.9 cm³/mol. The first kappa shape index (κ1) is 12.3. The molecule has 1 heterocycles. The van der Waals surface area contributed by atoms with E-state index in [1.807, 2.05) is 23.1 Å². The first-order chi connectivity index (χ1) is 8.13. The molecule has 0 aliphatic carbocycles. The third-order valence-corrected chi connectivity index (χ3v) is 3.20. The lowest BCUT2D eigenvalue weighted by Gasteiger charge is -2.34. The van der Waals surface area contributed by atoms with Gasteiger partial charge >= 0.3 is 0 Å². The minimum Gasteiger partial charge on any atom is -0.383 e. The Morgan fingerprint density at radius 3 is 3.00 bits per heavy atom. The second kappa shape index (κ2) is 5.03. The Kier molecular flexibility index (Phi) is 3.66. The molecule has 1 aromatic carbocycles. The van der Waals surface area contributed by atoms with Gasteiger partial charge in [0.1, 0.15) is 6.17 Å². The summed E-state index contributed by atoms with van der Waals surface area (Å²) in [5.41, 5.74) is 13.9. The van der Waals surface area contributed by atoms with Crippen LogP contribution in [0.3, 0.4) is 0 Å². The fraction of sp³-hybridized carbons (Fsp3) is 0.364. The summed E-state index contributed by atoms with van der Waals surface area (Å²) < 4.78 is 6.02. The van der Waals surface area contributed by atoms with Crippen LogP contribution in [0.2, 0.25) is 0 Å². The smallest absolute Gasteiger partial charge is 0.198 e. The van der Waals surface area contributed by atoms with Gasteiger partial charge in [-0.25, -0.2) is 4.99 Å². The standard InChI is InChI=1S/C11H15BrN4O/c1-17-5-4-16-10(13)8-6-7(12)2-3-9(8)15-11(16)14/h2-3,6,10H,4-5,13H2,1H3,(H2,14,15). The van der Waals surface area contributed by atoms with E-state index in [1.165, 1.54) is 0 Å². The quantitative estimate of drug-likeness (QED) is 0.882. The van der Waals surface area contributed by atoms with Gasteiger partial charge in [0.2, 0.25) is 0 Å². The molecule has 1 aliphatic rings. The van der Waals surface area contributed by atoms with Crippen molar-refractivity contribution >= 4 is 27.6 Å². The van der Waals surface area contributed by atoms with Gasteiger partial charge in [0.25, 0.3) is 0 Å². The molecular formula is C11H15BrN4O. The molecule has 0 radical (unpaired) electrons. The van der Waals surface area contributed by atoms with Crippen LogP contribution in [-0.2, 0) is 4.74 Å². The van der Waals surface area contributed by atoms with Crippen molar-refractivity contribution in [1.29, 1.82) is 0 Å². The molecule has 0 amide bonds. The van der Waals surface area contributed by atoms with Crippen LogP contribution in [0.1, 0.15) is 11.7 Å². The molecule has 0 spiro atoms. The van der Waals surface area contributed by atoms with E-state index in [9.17, 15) is 0 Å². The van der Waals surface area contributed by atoms with Gasteiger partial charge in [-0.15, -0.1) is 0 Å². The maximum absolute atomic E-state index is 6.18. The number of ether oxygens (including phenoxy) is 1. The van der Waals surface area contributed by atoms with Crippen LogP contribution < -0.4 is 11.5 Å². The maximum atomic E-state index is 6.18. The van der Waals surface area contributed by atoms with E-state index in [-0.39, 0.29) is 6.17 Å². The van der Waals surface area contributed by atoms with E-state index in [4.69, 9.17) is 16.2 Å². The number of rotatable bonds is 3. The molecule has 0 bridgehead atoms. The number of guanidine groups is 1. The van der Waals surface area contributed by atoms with Gasteiger partial charge < -0.3 is 21.1 Å². The van der Waals surface area contributed by atoms with Crippen LogP contribution in [0, 0.1) is 0 Å². The molecule has 17 heavy (non-hydrogen) atoms. The number of methoxy groups -OCH3 is 1. The summed E-state index contributed by atoms with van der Waals surface area (Å²) in [6, 6.07) is 5.79. The van der Waals surface area contributed by atoms with Crippen LogP contribution >= 0.6 is 15.9 Å². The first-order valence-corrected chi connectivity index (χ1v) is 6.07. The van der Waals surface area contributed by atoms with Gasteiger partial charge in [-0.05, 0) is 18.2 Å². The Labute approximate surface area is 109 Å². The number of nitrogens with two attached hydrogens (primary N) is 2. The summed E-state index contributed by atoms with van der Waals surface area (Å²) in [6.07, 6.45) is -0.282. The van der Waals surface area contributed by atoms with Gasteiger partial charge in [0.15, 0.2) is 5.96 Å². The van der Waals surface area contributed by atoms with Gasteiger partial charge in [-0.1, -0.05) is 15.9 Å². The van der Waals surface area contributed by atoms with Crippen molar-refractivity contribution in [2.45, 2.75) is 6.17 Å². The highest BCUT2D eigenvalue weighted by Crippen LogP contribution is 2.32. The summed E-state index contributed by atoms with van der Waals surface area (Å²) in [6.45, 7) is 1.19. The van der Waals surface area contributed by atoms with E-state index in [0.29, 0.717) is 19.1 Å². The molecule has 1 aromatic rings. The van der Waals surface area contributed by atoms with E-state index in [0.717, 1.165) is 15.7 Å². The topological polar surface area (TPSA) is 76.9 Å². The van der Waals surface area contributed by atoms with Gasteiger partial charge in [-0.2, -0.15) is 0 Å². The van der Waals surface area contributed by atoms with Crippen molar-refractivity contribution in [2.75, 3.05) is 20.3 Å². The lowest BCUT2D eigenvalue weighted by Crippen LogP contribution is -2.47. The molecule has 5 nitrogen and oxygen atoms in total. The van der Waals surface area contributed by atoms with E-state index in [1.54, 1.807) is 7.11 Å². The van der Waals surface area contributed by atoms with Crippen molar-refractivity contribution in [3.63, 3.8) is 0 Å². The third kappa shape index (κ3) is 2.43. The van der Waals surface area contributed by atoms with Gasteiger partial charge in [0.05, 0.1) is 12.3 Å². The average Bonchev–Trinajstić information content (AvgIpc) is 2.30. The minimum absolute atomic E-state index is 0.282. The second-order valence-corrected chi connectivity index (χ2v) is 4.72. The van der Waals surface area contributed by atoms with E-state index < -0.39 is 0 Å². The molecule has 1 unspecified atom stereocenters. The molecule has 0 saturated heterocycles. The highest BCUT2D eigenvalue weighted by atomic mass is 79.9. The summed E-state index contributed by atoms with van der Waals surface area (Å²) in [4.78, 5) is 6.17. The average molecular weight is 299 g/mol. The highest BCUT2D eigenvalue weighted by molar-refractivity contribution is 9.10. The largest absolute Gasteiger partial charge is 0.383 e. The predicted octanol–water partition coefficient (Wildman–Crippen LogP) is 1.31. The Hall–Kier alpha value is -1.11. The van der Waals surface area contributed by atoms with E-state index in [2.05, 4.69) is 20.9 Å². The number of aliphatic imine (C=N–C) groups is 1. The SMILES string of the molecule is COCCN1C(N)=Nc2ccc(Br)cc2C1N. The Morgan fingerprint density at radius 1 is 1.53 bits per heavy atom. The Morgan fingerprint density at radius 2 is 2.29 bits per heavy atom. The summed E-state index contributed by atoms with van der Waals surface area (Å²) >= 11 is 3.43. The normalized spacial score (nSPS) is 18.9. The van der Waals surface area contributed by atoms with Crippen molar-refractivity contribution in [3.05, 3.63) is 28.2 Å². The molecule has 1 atom stereocenters. The van der Waals surface area contributed by atoms with Gasteiger partial charge in [-0.3, -0.25) is 0 Å². The number of nitrogens with zero attached hydrogens (tertiary/aromatic N) is 2. The van der Waals surface area contributed by atoms with E-state index >= 15 is 0 Å². The molecule has 4 N–H and O–H groups in total. The van der Waals surface area contributed by atoms with Crippen LogP contribution in [-0.4, -0.2) is 31.1 Å². The highest BCUT2D eigenvalue weighted by Gasteiger charge is 2.25. The Bertz CT molecular complexity index is 449. The summed E-state index contributed by atoms with van der Waals surface area (Å²) in [5.74, 6) is 0.435. The molecule has 0 aromatic heterocycles. The fourth-order valence-corrected chi connectivity index (χ4v) is 2.18. The zero-order valence-electron chi connectivity index (χ0n) is 9.56. The Balaban J connectivity index is 2.33. The molecular weight excluding hydrogens is 284 g/mol. The van der Waals surface area contributed by atoms with Crippen molar-refractivity contribution < 1.29 is 4.74 Å². The molecule has 92 valence electrons. The van der Waals surface area contributed by atoms with Crippen molar-refractivity contribution in [1.82, 2.24) is 4.90 Å².